The van der Waals surface area contributed by atoms with E-state index >= 15 is 0 Å². The monoisotopic (exact) mass is 301 g/mol. The van der Waals surface area contributed by atoms with Gasteiger partial charge in [-0.1, -0.05) is 33.7 Å². The lowest BCUT2D eigenvalue weighted by molar-refractivity contribution is -0.136. The van der Waals surface area contributed by atoms with Gasteiger partial charge in [0.1, 0.15) is 0 Å². The zero-order valence-corrected chi connectivity index (χ0v) is 12.3. The smallest absolute Gasteiger partial charge is 0.304 e. The Morgan fingerprint density at radius 1 is 1.21 bits per heavy atom. The second kappa shape index (κ2) is 7.24. The predicted octanol–water partition coefficient (Wildman–Crippen LogP) is 2.17. The maximum Gasteiger partial charge on any atom is 0.304 e. The average Bonchev–Trinajstić information content (AvgIpc) is 2.99. The molecule has 0 aromatic carbocycles. The van der Waals surface area contributed by atoms with E-state index in [1.165, 1.54) is 0 Å². The van der Waals surface area contributed by atoms with E-state index in [1.54, 1.807) is 21.6 Å². The summed E-state index contributed by atoms with van der Waals surface area (Å²) in [4.78, 5) is 22.3. The summed E-state index contributed by atoms with van der Waals surface area (Å²) in [5.74, 6) is 2.14. The molecule has 19 heavy (non-hydrogen) atoms. The number of nitrogens with one attached hydrogen (secondary N) is 1. The van der Waals surface area contributed by atoms with E-state index in [2.05, 4.69) is 17.5 Å². The lowest BCUT2D eigenvalue weighted by Gasteiger charge is -2.17. The SMILES string of the molecule is O=C(O)CCSSCCNC(=O)[C@@H]1C[C@H]2C=C[C@@H]1C2. The van der Waals surface area contributed by atoms with Crippen molar-refractivity contribution in [2.24, 2.45) is 17.8 Å². The molecule has 2 aliphatic carbocycles. The fraction of sp³-hybridized carbons (Fsp3) is 0.692. The van der Waals surface area contributed by atoms with Crippen molar-refractivity contribution in [2.75, 3.05) is 18.1 Å². The van der Waals surface area contributed by atoms with Crippen molar-refractivity contribution < 1.29 is 14.7 Å². The van der Waals surface area contributed by atoms with E-state index in [4.69, 9.17) is 5.11 Å². The Kier molecular flexibility index (Phi) is 5.63. The number of carbonyl (C=O) groups excluding carboxylic acids is 1. The standard InChI is InChI=1S/C13H19NO3S2/c15-12(16)3-5-18-19-6-4-14-13(17)11-8-9-1-2-10(11)7-9/h1-2,9-11H,3-8H2,(H,14,17)(H,15,16)/t9-,10+,11+/m0/s1. The van der Waals surface area contributed by atoms with E-state index in [0.717, 1.165) is 18.6 Å². The zero-order valence-electron chi connectivity index (χ0n) is 10.7. The normalized spacial score (nSPS) is 27.7. The summed E-state index contributed by atoms with van der Waals surface area (Å²) in [6, 6.07) is 0. The summed E-state index contributed by atoms with van der Waals surface area (Å²) < 4.78 is 0. The summed E-state index contributed by atoms with van der Waals surface area (Å²) in [5, 5.41) is 11.5. The van der Waals surface area contributed by atoms with Gasteiger partial charge in [-0.25, -0.2) is 0 Å². The molecular weight excluding hydrogens is 282 g/mol. The number of carbonyl (C=O) groups is 2. The first-order valence-corrected chi connectivity index (χ1v) is 9.08. The highest BCUT2D eigenvalue weighted by molar-refractivity contribution is 8.76. The van der Waals surface area contributed by atoms with Crippen molar-refractivity contribution in [3.8, 4) is 0 Å². The molecule has 1 fully saturated rings. The first kappa shape index (κ1) is 14.8. The van der Waals surface area contributed by atoms with Crippen LogP contribution < -0.4 is 5.32 Å². The molecule has 0 heterocycles. The predicted molar refractivity (Wildman–Crippen MR) is 79.0 cm³/mol. The van der Waals surface area contributed by atoms with Gasteiger partial charge >= 0.3 is 5.97 Å². The Morgan fingerprint density at radius 2 is 2.00 bits per heavy atom. The van der Waals surface area contributed by atoms with Crippen LogP contribution in [0.15, 0.2) is 12.2 Å². The molecule has 106 valence electrons. The molecule has 2 N–H and O–H groups in total. The van der Waals surface area contributed by atoms with Gasteiger partial charge in [-0.05, 0) is 24.7 Å². The second-order valence-electron chi connectivity index (χ2n) is 4.97. The van der Waals surface area contributed by atoms with Crippen LogP contribution in [0.1, 0.15) is 19.3 Å². The van der Waals surface area contributed by atoms with Crippen molar-refractivity contribution in [3.05, 3.63) is 12.2 Å². The maximum absolute atomic E-state index is 12.0. The van der Waals surface area contributed by atoms with Crippen molar-refractivity contribution in [2.45, 2.75) is 19.3 Å². The van der Waals surface area contributed by atoms with Crippen LogP contribution in [0.4, 0.5) is 0 Å². The van der Waals surface area contributed by atoms with Gasteiger partial charge in [0.15, 0.2) is 0 Å². The number of rotatable bonds is 8. The summed E-state index contributed by atoms with van der Waals surface area (Å²) in [6.45, 7) is 0.668. The van der Waals surface area contributed by atoms with Crippen LogP contribution in [0.2, 0.25) is 0 Å². The first-order chi connectivity index (χ1) is 9.16. The van der Waals surface area contributed by atoms with Crippen molar-refractivity contribution in [1.29, 1.82) is 0 Å². The third-order valence-corrected chi connectivity index (χ3v) is 5.99. The van der Waals surface area contributed by atoms with Crippen molar-refractivity contribution >= 4 is 33.5 Å². The topological polar surface area (TPSA) is 66.4 Å². The van der Waals surface area contributed by atoms with Crippen LogP contribution in [0.25, 0.3) is 0 Å². The third-order valence-electron chi connectivity index (χ3n) is 3.58. The Labute approximate surface area is 121 Å². The Balaban J connectivity index is 1.50. The number of aliphatic carboxylic acids is 1. The van der Waals surface area contributed by atoms with Crippen LogP contribution in [-0.4, -0.2) is 35.0 Å². The van der Waals surface area contributed by atoms with E-state index in [0.29, 0.717) is 24.1 Å². The van der Waals surface area contributed by atoms with Gasteiger partial charge in [0.2, 0.25) is 5.91 Å². The molecule has 0 radical (unpaired) electrons. The van der Waals surface area contributed by atoms with Crippen LogP contribution in [0, 0.1) is 17.8 Å². The number of hydrogen-bond donors (Lipinski definition) is 2. The van der Waals surface area contributed by atoms with Crippen LogP contribution in [0.3, 0.4) is 0 Å². The van der Waals surface area contributed by atoms with Gasteiger partial charge in [0.05, 0.1) is 6.42 Å². The molecule has 1 amide bonds. The molecule has 0 aromatic rings. The van der Waals surface area contributed by atoms with Crippen LogP contribution >= 0.6 is 21.6 Å². The number of carboxylic acid groups (broad SMARTS) is 1. The zero-order chi connectivity index (χ0) is 13.7. The number of allylic oxidation sites excluding steroid dienone is 2. The van der Waals surface area contributed by atoms with E-state index < -0.39 is 5.97 Å². The summed E-state index contributed by atoms with van der Waals surface area (Å²) in [6.07, 6.45) is 6.78. The first-order valence-electron chi connectivity index (χ1n) is 6.59. The molecule has 6 heteroatoms. The second-order valence-corrected chi connectivity index (χ2v) is 7.67. The minimum Gasteiger partial charge on any atom is -0.481 e. The molecule has 2 rings (SSSR count). The van der Waals surface area contributed by atoms with Crippen LogP contribution in [0.5, 0.6) is 0 Å². The van der Waals surface area contributed by atoms with Gasteiger partial charge in [-0.3, -0.25) is 9.59 Å². The molecule has 2 aliphatic rings. The molecule has 0 spiro atoms. The quantitative estimate of drug-likeness (QED) is 0.408. The highest BCUT2D eigenvalue weighted by atomic mass is 33.1. The fourth-order valence-corrected chi connectivity index (χ4v) is 4.56. The van der Waals surface area contributed by atoms with E-state index in [1.807, 2.05) is 0 Å². The molecule has 0 saturated heterocycles. The Hall–Kier alpha value is -0.620. The minimum atomic E-state index is -0.759. The largest absolute Gasteiger partial charge is 0.481 e. The number of fused-ring (bicyclic) bond motifs is 2. The van der Waals surface area contributed by atoms with Gasteiger partial charge in [0.25, 0.3) is 0 Å². The fourth-order valence-electron chi connectivity index (χ4n) is 2.68. The van der Waals surface area contributed by atoms with Gasteiger partial charge < -0.3 is 10.4 Å². The lowest BCUT2D eigenvalue weighted by atomic mass is 9.93. The van der Waals surface area contributed by atoms with Crippen molar-refractivity contribution in [1.82, 2.24) is 5.32 Å². The highest BCUT2D eigenvalue weighted by Gasteiger charge is 2.39. The average molecular weight is 301 g/mol. The number of amides is 1. The maximum atomic E-state index is 12.0. The summed E-state index contributed by atoms with van der Waals surface area (Å²) in [7, 11) is 3.17. The molecule has 0 aromatic heterocycles. The molecule has 1 saturated carbocycles. The molecule has 0 unspecified atom stereocenters. The highest BCUT2D eigenvalue weighted by Crippen LogP contribution is 2.43. The van der Waals surface area contributed by atoms with Crippen molar-refractivity contribution in [3.63, 3.8) is 0 Å². The Bertz CT molecular complexity index is 373. The number of hydrogen-bond acceptors (Lipinski definition) is 4. The van der Waals surface area contributed by atoms with Gasteiger partial charge in [-0.2, -0.15) is 0 Å². The summed E-state index contributed by atoms with van der Waals surface area (Å²) >= 11 is 0. The molecule has 0 aliphatic heterocycles. The summed E-state index contributed by atoms with van der Waals surface area (Å²) in [5.41, 5.74) is 0. The molecule has 3 atom stereocenters. The van der Waals surface area contributed by atoms with E-state index in [9.17, 15) is 9.59 Å². The molecule has 2 bridgehead atoms. The number of carboxylic acids is 1. The Morgan fingerprint density at radius 3 is 2.63 bits per heavy atom. The van der Waals surface area contributed by atoms with Gasteiger partial charge in [-0.15, -0.1) is 0 Å². The third kappa shape index (κ3) is 4.45. The van der Waals surface area contributed by atoms with Gasteiger partial charge in [0, 0.05) is 24.0 Å². The lowest BCUT2D eigenvalue weighted by Crippen LogP contribution is -2.34. The molecular formula is C13H19NO3S2. The van der Waals surface area contributed by atoms with Crippen LogP contribution in [-0.2, 0) is 9.59 Å². The minimum absolute atomic E-state index is 0.180. The molecule has 4 nitrogen and oxygen atoms in total. The van der Waals surface area contributed by atoms with E-state index in [-0.39, 0.29) is 18.2 Å².